The van der Waals surface area contributed by atoms with E-state index in [0.29, 0.717) is 11.2 Å². The van der Waals surface area contributed by atoms with E-state index in [1.165, 1.54) is 11.8 Å². The molecule has 1 saturated carbocycles. The molecule has 26 heavy (non-hydrogen) atoms. The first-order valence-electron chi connectivity index (χ1n) is 8.75. The van der Waals surface area contributed by atoms with Gasteiger partial charge in [0, 0.05) is 17.3 Å². The van der Waals surface area contributed by atoms with E-state index in [9.17, 15) is 4.79 Å². The molecule has 0 unspecified atom stereocenters. The lowest BCUT2D eigenvalue weighted by Crippen LogP contribution is -2.32. The fourth-order valence-electron chi connectivity index (χ4n) is 2.69. The van der Waals surface area contributed by atoms with Crippen LogP contribution in [-0.4, -0.2) is 32.0 Å². The van der Waals surface area contributed by atoms with E-state index in [1.54, 1.807) is 0 Å². The summed E-state index contributed by atoms with van der Waals surface area (Å²) in [5.41, 5.74) is 1.97. The van der Waals surface area contributed by atoms with E-state index in [2.05, 4.69) is 15.5 Å². The molecule has 2 aromatic carbocycles. The second kappa shape index (κ2) is 7.33. The lowest BCUT2D eigenvalue weighted by Gasteiger charge is -2.13. The Balaban J connectivity index is 1.68. The van der Waals surface area contributed by atoms with Crippen LogP contribution in [-0.2, 0) is 4.79 Å². The van der Waals surface area contributed by atoms with Gasteiger partial charge in [0.1, 0.15) is 0 Å². The van der Waals surface area contributed by atoms with Gasteiger partial charge in [-0.15, -0.1) is 10.2 Å². The Morgan fingerprint density at radius 3 is 2.38 bits per heavy atom. The van der Waals surface area contributed by atoms with Crippen molar-refractivity contribution in [2.75, 3.05) is 0 Å². The summed E-state index contributed by atoms with van der Waals surface area (Å²) in [5.74, 6) is 0.829. The fraction of sp³-hybridized carbons (Fsp3) is 0.250. The van der Waals surface area contributed by atoms with E-state index in [1.807, 2.05) is 72.2 Å². The summed E-state index contributed by atoms with van der Waals surface area (Å²) in [6, 6.07) is 20.3. The van der Waals surface area contributed by atoms with Crippen LogP contribution in [0.25, 0.3) is 17.1 Å². The third kappa shape index (κ3) is 3.65. The molecule has 5 nitrogen and oxygen atoms in total. The van der Waals surface area contributed by atoms with Gasteiger partial charge in [0.25, 0.3) is 0 Å². The summed E-state index contributed by atoms with van der Waals surface area (Å²) >= 11 is 1.44. The number of carbonyl (C=O) groups excluding carboxylic acids is 1. The number of amides is 1. The number of para-hydroxylation sites is 1. The van der Waals surface area contributed by atoms with Gasteiger partial charge in [-0.1, -0.05) is 60.3 Å². The Bertz CT molecular complexity index is 891. The molecule has 0 spiro atoms. The highest BCUT2D eigenvalue weighted by atomic mass is 32.2. The van der Waals surface area contributed by atoms with Gasteiger partial charge in [0.2, 0.25) is 5.91 Å². The first kappa shape index (κ1) is 16.8. The highest BCUT2D eigenvalue weighted by Gasteiger charge is 2.27. The number of aromatic nitrogens is 3. The summed E-state index contributed by atoms with van der Waals surface area (Å²) in [5, 5.41) is 12.3. The van der Waals surface area contributed by atoms with Crippen molar-refractivity contribution in [1.82, 2.24) is 20.1 Å². The Hall–Kier alpha value is -2.60. The lowest BCUT2D eigenvalue weighted by atomic mass is 10.2. The third-order valence-corrected chi connectivity index (χ3v) is 5.30. The van der Waals surface area contributed by atoms with Crippen LogP contribution in [0.2, 0.25) is 0 Å². The first-order chi connectivity index (χ1) is 12.7. The number of thioether (sulfide) groups is 1. The molecular weight excluding hydrogens is 344 g/mol. The number of hydrogen-bond donors (Lipinski definition) is 1. The standard InChI is InChI=1S/C20H20N4OS/c1-14(19(25)21-16-12-13-16)26-20-23-22-18(15-8-4-2-5-9-15)24(20)17-10-6-3-7-11-17/h2-11,14,16H,12-13H2,1H3,(H,21,25)/t14-/m0/s1. The van der Waals surface area contributed by atoms with Crippen LogP contribution < -0.4 is 5.32 Å². The number of carbonyl (C=O) groups is 1. The van der Waals surface area contributed by atoms with Gasteiger partial charge in [-0.25, -0.2) is 0 Å². The maximum Gasteiger partial charge on any atom is 0.233 e. The molecule has 0 aliphatic heterocycles. The zero-order valence-electron chi connectivity index (χ0n) is 14.5. The SMILES string of the molecule is C[C@H](Sc1nnc(-c2ccccc2)n1-c1ccccc1)C(=O)NC1CC1. The molecule has 3 aromatic rings. The number of benzene rings is 2. The second-order valence-corrected chi connectivity index (χ2v) is 7.69. The van der Waals surface area contributed by atoms with Crippen molar-refractivity contribution in [3.05, 3.63) is 60.7 Å². The van der Waals surface area contributed by atoms with Gasteiger partial charge in [0.15, 0.2) is 11.0 Å². The average Bonchev–Trinajstić information content (AvgIpc) is 3.40. The van der Waals surface area contributed by atoms with Crippen molar-refractivity contribution >= 4 is 17.7 Å². The molecular formula is C20H20N4OS. The van der Waals surface area contributed by atoms with Crippen LogP contribution in [0.5, 0.6) is 0 Å². The van der Waals surface area contributed by atoms with Crippen molar-refractivity contribution in [1.29, 1.82) is 0 Å². The molecule has 1 atom stereocenters. The molecule has 1 aromatic heterocycles. The summed E-state index contributed by atoms with van der Waals surface area (Å²) in [6.45, 7) is 1.91. The molecule has 1 N–H and O–H groups in total. The number of nitrogens with zero attached hydrogens (tertiary/aromatic N) is 3. The minimum absolute atomic E-state index is 0.0568. The lowest BCUT2D eigenvalue weighted by molar-refractivity contribution is -0.120. The van der Waals surface area contributed by atoms with Gasteiger partial charge in [-0.2, -0.15) is 0 Å². The Kier molecular flexibility index (Phi) is 4.75. The predicted molar refractivity (Wildman–Crippen MR) is 103 cm³/mol. The van der Waals surface area contributed by atoms with E-state index >= 15 is 0 Å². The van der Waals surface area contributed by atoms with Crippen LogP contribution in [0, 0.1) is 0 Å². The van der Waals surface area contributed by atoms with Crippen molar-refractivity contribution in [2.24, 2.45) is 0 Å². The number of hydrogen-bond acceptors (Lipinski definition) is 4. The van der Waals surface area contributed by atoms with Crippen molar-refractivity contribution in [2.45, 2.75) is 36.2 Å². The minimum Gasteiger partial charge on any atom is -0.352 e. The molecule has 1 aliphatic rings. The summed E-state index contributed by atoms with van der Waals surface area (Å²) < 4.78 is 2.01. The molecule has 0 bridgehead atoms. The van der Waals surface area contributed by atoms with Crippen LogP contribution in [0.3, 0.4) is 0 Å². The van der Waals surface area contributed by atoms with E-state index < -0.39 is 0 Å². The van der Waals surface area contributed by atoms with Crippen molar-refractivity contribution in [3.63, 3.8) is 0 Å². The summed E-state index contributed by atoms with van der Waals surface area (Å²) in [4.78, 5) is 12.3. The van der Waals surface area contributed by atoms with Crippen molar-refractivity contribution in [3.8, 4) is 17.1 Å². The first-order valence-corrected chi connectivity index (χ1v) is 9.63. The maximum absolute atomic E-state index is 12.3. The van der Waals surface area contributed by atoms with E-state index in [0.717, 1.165) is 29.9 Å². The maximum atomic E-state index is 12.3. The molecule has 1 fully saturated rings. The number of rotatable bonds is 6. The molecule has 1 amide bonds. The zero-order valence-corrected chi connectivity index (χ0v) is 15.3. The number of nitrogens with one attached hydrogen (secondary N) is 1. The molecule has 0 saturated heterocycles. The molecule has 1 aliphatic carbocycles. The summed E-state index contributed by atoms with van der Waals surface area (Å²) in [6.07, 6.45) is 2.17. The monoisotopic (exact) mass is 364 g/mol. The van der Waals surface area contributed by atoms with E-state index in [-0.39, 0.29) is 11.2 Å². The van der Waals surface area contributed by atoms with Crippen LogP contribution in [0.15, 0.2) is 65.8 Å². The topological polar surface area (TPSA) is 59.8 Å². The van der Waals surface area contributed by atoms with Gasteiger partial charge in [-0.05, 0) is 31.9 Å². The highest BCUT2D eigenvalue weighted by molar-refractivity contribution is 8.00. The van der Waals surface area contributed by atoms with Crippen LogP contribution in [0.4, 0.5) is 0 Å². The quantitative estimate of drug-likeness (QED) is 0.678. The second-order valence-electron chi connectivity index (χ2n) is 6.39. The average molecular weight is 364 g/mol. The van der Waals surface area contributed by atoms with Gasteiger partial charge in [0.05, 0.1) is 5.25 Å². The van der Waals surface area contributed by atoms with Gasteiger partial charge in [-0.3, -0.25) is 9.36 Å². The third-order valence-electron chi connectivity index (χ3n) is 4.25. The van der Waals surface area contributed by atoms with Crippen LogP contribution in [0.1, 0.15) is 19.8 Å². The fourth-order valence-corrected chi connectivity index (χ4v) is 3.56. The molecule has 6 heteroatoms. The van der Waals surface area contributed by atoms with Crippen LogP contribution >= 0.6 is 11.8 Å². The zero-order chi connectivity index (χ0) is 17.9. The molecule has 0 radical (unpaired) electrons. The Morgan fingerprint density at radius 1 is 1.08 bits per heavy atom. The molecule has 132 valence electrons. The Labute approximate surface area is 156 Å². The van der Waals surface area contributed by atoms with Gasteiger partial charge >= 0.3 is 0 Å². The Morgan fingerprint density at radius 2 is 1.73 bits per heavy atom. The van der Waals surface area contributed by atoms with Gasteiger partial charge < -0.3 is 5.32 Å². The van der Waals surface area contributed by atoms with Crippen molar-refractivity contribution < 1.29 is 4.79 Å². The minimum atomic E-state index is -0.231. The highest BCUT2D eigenvalue weighted by Crippen LogP contribution is 2.30. The normalized spacial score (nSPS) is 14.8. The van der Waals surface area contributed by atoms with E-state index in [4.69, 9.17) is 0 Å². The smallest absolute Gasteiger partial charge is 0.233 e. The molecule has 4 rings (SSSR count). The predicted octanol–water partition coefficient (Wildman–Crippen LogP) is 3.69. The summed E-state index contributed by atoms with van der Waals surface area (Å²) in [7, 11) is 0. The molecule has 1 heterocycles. The largest absolute Gasteiger partial charge is 0.352 e.